The second kappa shape index (κ2) is 6.29. The highest BCUT2D eigenvalue weighted by atomic mass is 32.1. The molecule has 2 heterocycles. The van der Waals surface area contributed by atoms with Crippen LogP contribution in [0.1, 0.15) is 15.4 Å². The largest absolute Gasteiger partial charge is 0.455 e. The summed E-state index contributed by atoms with van der Waals surface area (Å²) in [5.41, 5.74) is 2.39. The van der Waals surface area contributed by atoms with Gasteiger partial charge in [0.1, 0.15) is 11.6 Å². The van der Waals surface area contributed by atoms with Gasteiger partial charge in [0.05, 0.1) is 15.8 Å². The molecule has 0 radical (unpaired) electrons. The lowest BCUT2D eigenvalue weighted by atomic mass is 10.2. The Morgan fingerprint density at radius 2 is 1.88 bits per heavy atom. The van der Waals surface area contributed by atoms with Crippen LogP contribution in [0.5, 0.6) is 0 Å². The Hall–Kier alpha value is -2.92. The van der Waals surface area contributed by atoms with Gasteiger partial charge < -0.3 is 9.30 Å². The minimum absolute atomic E-state index is 0.186. The van der Waals surface area contributed by atoms with E-state index < -0.39 is 0 Å². The fraction of sp³-hybridized carbons (Fsp3) is 0.0526. The summed E-state index contributed by atoms with van der Waals surface area (Å²) >= 11 is 1.54. The first-order valence-electron chi connectivity index (χ1n) is 7.54. The van der Waals surface area contributed by atoms with E-state index in [2.05, 4.69) is 4.98 Å². The van der Waals surface area contributed by atoms with Crippen LogP contribution in [0.3, 0.4) is 0 Å². The molecule has 24 heavy (non-hydrogen) atoms. The smallest absolute Gasteiger partial charge is 0.338 e. The average Bonchev–Trinajstić information content (AvgIpc) is 3.29. The molecule has 0 saturated heterocycles. The molecule has 0 saturated carbocycles. The van der Waals surface area contributed by atoms with Gasteiger partial charge >= 0.3 is 5.97 Å². The zero-order valence-corrected chi connectivity index (χ0v) is 13.6. The number of benzene rings is 2. The van der Waals surface area contributed by atoms with Crippen LogP contribution < -0.4 is 0 Å². The third-order valence-corrected chi connectivity index (χ3v) is 4.66. The topological polar surface area (TPSA) is 44.1 Å². The van der Waals surface area contributed by atoms with E-state index in [1.54, 1.807) is 17.4 Å². The Kier molecular flexibility index (Phi) is 3.84. The van der Waals surface area contributed by atoms with Crippen molar-refractivity contribution in [1.29, 1.82) is 0 Å². The van der Waals surface area contributed by atoms with Gasteiger partial charge in [0.15, 0.2) is 0 Å². The summed E-state index contributed by atoms with van der Waals surface area (Å²) in [6.45, 7) is 0.186. The molecule has 0 atom stereocenters. The fourth-order valence-electron chi connectivity index (χ4n) is 2.49. The quantitative estimate of drug-likeness (QED) is 0.518. The third kappa shape index (κ3) is 2.94. The first-order chi connectivity index (χ1) is 11.8. The number of hydrogen-bond acceptors (Lipinski definition) is 4. The molecule has 0 aliphatic carbocycles. The van der Waals surface area contributed by atoms with E-state index in [4.69, 9.17) is 4.74 Å². The molecule has 0 fully saturated rings. The van der Waals surface area contributed by atoms with E-state index in [0.29, 0.717) is 5.56 Å². The van der Waals surface area contributed by atoms with E-state index in [-0.39, 0.29) is 12.6 Å². The van der Waals surface area contributed by atoms with Gasteiger partial charge in [-0.1, -0.05) is 18.2 Å². The summed E-state index contributed by atoms with van der Waals surface area (Å²) in [6.07, 6.45) is 3.87. The molecule has 0 bridgehead atoms. The molecule has 118 valence electrons. The van der Waals surface area contributed by atoms with Gasteiger partial charge in [-0.05, 0) is 42.5 Å². The Labute approximate surface area is 143 Å². The van der Waals surface area contributed by atoms with Crippen LogP contribution in [0.25, 0.3) is 15.9 Å². The summed E-state index contributed by atoms with van der Waals surface area (Å²) in [4.78, 5) is 16.8. The van der Waals surface area contributed by atoms with Gasteiger partial charge in [0.25, 0.3) is 0 Å². The van der Waals surface area contributed by atoms with Gasteiger partial charge in [-0.15, -0.1) is 11.3 Å². The molecule has 2 aromatic heterocycles. The maximum absolute atomic E-state index is 12.3. The summed E-state index contributed by atoms with van der Waals surface area (Å²) < 4.78 is 8.46. The lowest BCUT2D eigenvalue weighted by Gasteiger charge is -2.06. The summed E-state index contributed by atoms with van der Waals surface area (Å²) in [6, 6.07) is 19.2. The van der Waals surface area contributed by atoms with Crippen molar-refractivity contribution in [3.05, 3.63) is 83.6 Å². The predicted molar refractivity (Wildman–Crippen MR) is 94.5 cm³/mol. The first kappa shape index (κ1) is 14.7. The average molecular weight is 334 g/mol. The minimum Gasteiger partial charge on any atom is -0.455 e. The van der Waals surface area contributed by atoms with Crippen LogP contribution in [0.15, 0.2) is 73.1 Å². The molecule has 0 aliphatic rings. The first-order valence-corrected chi connectivity index (χ1v) is 8.36. The third-order valence-electron chi connectivity index (χ3n) is 3.65. The normalized spacial score (nSPS) is 10.8. The lowest BCUT2D eigenvalue weighted by molar-refractivity contribution is 0.0472. The number of carbonyl (C=O) groups is 1. The van der Waals surface area contributed by atoms with Crippen molar-refractivity contribution < 1.29 is 9.53 Å². The molecule has 0 unspecified atom stereocenters. The lowest BCUT2D eigenvalue weighted by Crippen LogP contribution is -2.06. The van der Waals surface area contributed by atoms with Crippen LogP contribution in [-0.2, 0) is 11.3 Å². The summed E-state index contributed by atoms with van der Waals surface area (Å²) in [7, 11) is 0. The Bertz CT molecular complexity index is 956. The summed E-state index contributed by atoms with van der Waals surface area (Å²) in [5.74, 6) is -0.344. The number of carbonyl (C=O) groups excluding carboxylic acids is 1. The van der Waals surface area contributed by atoms with Gasteiger partial charge in [-0.25, -0.2) is 9.78 Å². The molecule has 2 aromatic carbocycles. The van der Waals surface area contributed by atoms with Gasteiger partial charge in [-0.2, -0.15) is 0 Å². The molecular formula is C19H14N2O2S. The standard InChI is InChI=1S/C19H14N2O2S/c22-19(14-6-5-7-15(12-14)21-10-3-4-11-21)23-13-18-20-16-8-1-2-9-17(16)24-18/h1-12H,13H2. The fourth-order valence-corrected chi connectivity index (χ4v) is 3.37. The van der Waals surface area contributed by atoms with Crippen LogP contribution >= 0.6 is 11.3 Å². The highest BCUT2D eigenvalue weighted by Crippen LogP contribution is 2.22. The molecule has 0 N–H and O–H groups in total. The SMILES string of the molecule is O=C(OCc1nc2ccccc2s1)c1cccc(-n2cccc2)c1. The zero-order chi connectivity index (χ0) is 16.4. The number of nitrogens with zero attached hydrogens (tertiary/aromatic N) is 2. The van der Waals surface area contributed by atoms with E-state index >= 15 is 0 Å². The number of hydrogen-bond donors (Lipinski definition) is 0. The molecule has 0 aliphatic heterocycles. The van der Waals surface area contributed by atoms with Crippen LogP contribution in [0, 0.1) is 0 Å². The second-order valence-corrected chi connectivity index (χ2v) is 6.41. The van der Waals surface area contributed by atoms with Crippen molar-refractivity contribution in [2.24, 2.45) is 0 Å². The van der Waals surface area contributed by atoms with Crippen molar-refractivity contribution in [3.63, 3.8) is 0 Å². The van der Waals surface area contributed by atoms with Gasteiger partial charge in [0, 0.05) is 18.1 Å². The molecule has 4 nitrogen and oxygen atoms in total. The summed E-state index contributed by atoms with van der Waals surface area (Å²) in [5, 5.41) is 0.797. The number of aromatic nitrogens is 2. The number of para-hydroxylation sites is 1. The van der Waals surface area contributed by atoms with Gasteiger partial charge in [0.2, 0.25) is 0 Å². The molecule has 4 aromatic rings. The molecule has 0 spiro atoms. The highest BCUT2D eigenvalue weighted by molar-refractivity contribution is 7.18. The highest BCUT2D eigenvalue weighted by Gasteiger charge is 2.10. The van der Waals surface area contributed by atoms with Gasteiger partial charge in [-0.3, -0.25) is 0 Å². The number of rotatable bonds is 4. The number of thiazole rings is 1. The molecular weight excluding hydrogens is 320 g/mol. The Morgan fingerprint density at radius 3 is 2.71 bits per heavy atom. The number of fused-ring (bicyclic) bond motifs is 1. The number of esters is 1. The molecule has 5 heteroatoms. The zero-order valence-electron chi connectivity index (χ0n) is 12.8. The van der Waals surface area contributed by atoms with E-state index in [1.165, 1.54) is 0 Å². The Balaban J connectivity index is 1.49. The van der Waals surface area contributed by atoms with Crippen molar-refractivity contribution in [2.45, 2.75) is 6.61 Å². The van der Waals surface area contributed by atoms with Crippen molar-refractivity contribution in [2.75, 3.05) is 0 Å². The Morgan fingerprint density at radius 1 is 1.04 bits per heavy atom. The van der Waals surface area contributed by atoms with E-state index in [9.17, 15) is 4.79 Å². The van der Waals surface area contributed by atoms with Crippen LogP contribution in [0.2, 0.25) is 0 Å². The van der Waals surface area contributed by atoms with Crippen LogP contribution in [-0.4, -0.2) is 15.5 Å². The van der Waals surface area contributed by atoms with Crippen molar-refractivity contribution in [1.82, 2.24) is 9.55 Å². The second-order valence-electron chi connectivity index (χ2n) is 5.29. The van der Waals surface area contributed by atoms with E-state index in [1.807, 2.05) is 71.6 Å². The van der Waals surface area contributed by atoms with Crippen molar-refractivity contribution in [3.8, 4) is 5.69 Å². The maximum Gasteiger partial charge on any atom is 0.338 e. The molecule has 0 amide bonds. The monoisotopic (exact) mass is 334 g/mol. The number of ether oxygens (including phenoxy) is 1. The van der Waals surface area contributed by atoms with E-state index in [0.717, 1.165) is 20.9 Å². The molecule has 4 rings (SSSR count). The van der Waals surface area contributed by atoms with Crippen molar-refractivity contribution >= 4 is 27.5 Å². The van der Waals surface area contributed by atoms with Crippen LogP contribution in [0.4, 0.5) is 0 Å². The predicted octanol–water partition coefficient (Wildman–Crippen LogP) is 4.44. The minimum atomic E-state index is -0.344. The maximum atomic E-state index is 12.3.